The summed E-state index contributed by atoms with van der Waals surface area (Å²) in [5.41, 5.74) is 0.738. The number of methoxy groups -OCH3 is 1. The summed E-state index contributed by atoms with van der Waals surface area (Å²) < 4.78 is 5.66. The van der Waals surface area contributed by atoms with Gasteiger partial charge in [0.1, 0.15) is 11.5 Å². The van der Waals surface area contributed by atoms with E-state index in [1.54, 1.807) is 19.2 Å². The van der Waals surface area contributed by atoms with Gasteiger partial charge in [0.25, 0.3) is 0 Å². The van der Waals surface area contributed by atoms with E-state index < -0.39 is 0 Å². The van der Waals surface area contributed by atoms with Crippen LogP contribution in [-0.4, -0.2) is 18.8 Å². The summed E-state index contributed by atoms with van der Waals surface area (Å²) in [6, 6.07) is 3.45. The van der Waals surface area contributed by atoms with Gasteiger partial charge in [-0.2, -0.15) is 0 Å². The van der Waals surface area contributed by atoms with Crippen molar-refractivity contribution < 1.29 is 14.7 Å². The quantitative estimate of drug-likeness (QED) is 0.809. The molecular formula is C9H12BrNO3. The maximum absolute atomic E-state index is 9.65. The molecule has 1 rings (SSSR count). The first-order chi connectivity index (χ1) is 6.69. The Bertz CT molecular complexity index is 317. The molecule has 0 fully saturated rings. The molecule has 3 N–H and O–H groups in total. The molecule has 0 spiro atoms. The molecule has 1 aromatic carbocycles. The van der Waals surface area contributed by atoms with Crippen LogP contribution in [0.3, 0.4) is 0 Å². The Morgan fingerprint density at radius 3 is 2.79 bits per heavy atom. The number of nitrogens with two attached hydrogens (primary N) is 1. The van der Waals surface area contributed by atoms with Gasteiger partial charge in [0, 0.05) is 12.0 Å². The zero-order chi connectivity index (χ0) is 10.6. The Labute approximate surface area is 90.7 Å². The molecular weight excluding hydrogens is 250 g/mol. The van der Waals surface area contributed by atoms with Gasteiger partial charge in [-0.05, 0) is 28.1 Å². The van der Waals surface area contributed by atoms with Crippen LogP contribution in [0.1, 0.15) is 5.56 Å². The molecule has 14 heavy (non-hydrogen) atoms. The predicted molar refractivity (Wildman–Crippen MR) is 56.2 cm³/mol. The Morgan fingerprint density at radius 1 is 1.50 bits per heavy atom. The molecule has 78 valence electrons. The lowest BCUT2D eigenvalue weighted by Gasteiger charge is -2.08. The Morgan fingerprint density at radius 2 is 2.21 bits per heavy atom. The molecule has 0 saturated heterocycles. The number of rotatable bonds is 4. The fourth-order valence-electron chi connectivity index (χ4n) is 1.11. The fraction of sp³-hybridized carbons (Fsp3) is 0.333. The Balaban J connectivity index is 2.95. The second kappa shape index (κ2) is 5.19. The average Bonchev–Trinajstić information content (AvgIpc) is 2.20. The van der Waals surface area contributed by atoms with Gasteiger partial charge in [-0.25, -0.2) is 5.90 Å². The zero-order valence-corrected chi connectivity index (χ0v) is 9.37. The molecule has 0 heterocycles. The van der Waals surface area contributed by atoms with Crippen molar-refractivity contribution in [3.63, 3.8) is 0 Å². The summed E-state index contributed by atoms with van der Waals surface area (Å²) in [4.78, 5) is 4.45. The summed E-state index contributed by atoms with van der Waals surface area (Å²) >= 11 is 3.23. The summed E-state index contributed by atoms with van der Waals surface area (Å²) in [5.74, 6) is 5.79. The van der Waals surface area contributed by atoms with Crippen molar-refractivity contribution in [3.05, 3.63) is 22.2 Å². The van der Waals surface area contributed by atoms with E-state index in [4.69, 9.17) is 10.6 Å². The largest absolute Gasteiger partial charge is 0.506 e. The first-order valence-electron chi connectivity index (χ1n) is 4.06. The van der Waals surface area contributed by atoms with Crippen LogP contribution in [0.5, 0.6) is 11.5 Å². The fourth-order valence-corrected chi connectivity index (χ4v) is 1.59. The van der Waals surface area contributed by atoms with Crippen LogP contribution in [0.4, 0.5) is 0 Å². The van der Waals surface area contributed by atoms with E-state index in [0.717, 1.165) is 5.56 Å². The molecule has 0 bridgehead atoms. The third-order valence-electron chi connectivity index (χ3n) is 1.84. The molecule has 0 aromatic heterocycles. The number of ether oxygens (including phenoxy) is 1. The first-order valence-corrected chi connectivity index (χ1v) is 4.85. The summed E-state index contributed by atoms with van der Waals surface area (Å²) in [6.45, 7) is 0.354. The van der Waals surface area contributed by atoms with Crippen LogP contribution in [-0.2, 0) is 11.3 Å². The van der Waals surface area contributed by atoms with Crippen molar-refractivity contribution in [2.75, 3.05) is 13.7 Å². The van der Waals surface area contributed by atoms with Crippen LogP contribution in [0.15, 0.2) is 16.6 Å². The van der Waals surface area contributed by atoms with Crippen LogP contribution >= 0.6 is 15.9 Å². The van der Waals surface area contributed by atoms with E-state index in [-0.39, 0.29) is 5.75 Å². The van der Waals surface area contributed by atoms with Gasteiger partial charge < -0.3 is 14.7 Å². The van der Waals surface area contributed by atoms with E-state index in [2.05, 4.69) is 20.8 Å². The van der Waals surface area contributed by atoms with Crippen molar-refractivity contribution in [1.29, 1.82) is 0 Å². The maximum atomic E-state index is 9.65. The van der Waals surface area contributed by atoms with Crippen LogP contribution in [0.25, 0.3) is 0 Å². The minimum absolute atomic E-state index is 0.197. The lowest BCUT2D eigenvalue weighted by atomic mass is 10.1. The molecule has 0 unspecified atom stereocenters. The van der Waals surface area contributed by atoms with Crippen molar-refractivity contribution in [2.45, 2.75) is 6.42 Å². The molecule has 0 atom stereocenters. The Hall–Kier alpha value is -0.780. The highest BCUT2D eigenvalue weighted by atomic mass is 79.9. The summed E-state index contributed by atoms with van der Waals surface area (Å²) in [7, 11) is 1.57. The second-order valence-corrected chi connectivity index (χ2v) is 3.59. The molecule has 0 amide bonds. The van der Waals surface area contributed by atoms with Gasteiger partial charge in [0.15, 0.2) is 0 Å². The highest BCUT2D eigenvalue weighted by molar-refractivity contribution is 9.10. The minimum Gasteiger partial charge on any atom is -0.506 e. The van der Waals surface area contributed by atoms with Crippen molar-refractivity contribution >= 4 is 15.9 Å². The molecule has 5 heteroatoms. The zero-order valence-electron chi connectivity index (χ0n) is 7.79. The van der Waals surface area contributed by atoms with Crippen molar-refractivity contribution in [3.8, 4) is 11.5 Å². The lowest BCUT2D eigenvalue weighted by molar-refractivity contribution is 0.140. The van der Waals surface area contributed by atoms with Gasteiger partial charge in [-0.15, -0.1) is 0 Å². The summed E-state index contributed by atoms with van der Waals surface area (Å²) in [6.07, 6.45) is 0.540. The van der Waals surface area contributed by atoms with E-state index >= 15 is 0 Å². The highest BCUT2D eigenvalue weighted by Crippen LogP contribution is 2.32. The molecule has 4 nitrogen and oxygen atoms in total. The maximum Gasteiger partial charge on any atom is 0.133 e. The number of halogens is 1. The van der Waals surface area contributed by atoms with Crippen molar-refractivity contribution in [2.24, 2.45) is 5.90 Å². The number of hydrogen-bond acceptors (Lipinski definition) is 4. The number of aromatic hydroxyl groups is 1. The third-order valence-corrected chi connectivity index (χ3v) is 2.45. The highest BCUT2D eigenvalue weighted by Gasteiger charge is 2.08. The molecule has 1 aromatic rings. The first kappa shape index (κ1) is 11.3. The average molecular weight is 262 g/mol. The number of phenolic OH excluding ortho intramolecular Hbond substituents is 1. The summed E-state index contributed by atoms with van der Waals surface area (Å²) in [5, 5.41) is 9.65. The minimum atomic E-state index is 0.197. The van der Waals surface area contributed by atoms with Crippen LogP contribution in [0.2, 0.25) is 0 Å². The number of phenols is 1. The molecule has 0 radical (unpaired) electrons. The van der Waals surface area contributed by atoms with E-state index in [9.17, 15) is 5.11 Å². The number of benzene rings is 1. The molecule has 0 aliphatic rings. The van der Waals surface area contributed by atoms with Crippen molar-refractivity contribution in [1.82, 2.24) is 0 Å². The Kier molecular flexibility index (Phi) is 4.19. The topological polar surface area (TPSA) is 64.7 Å². The van der Waals surface area contributed by atoms with Gasteiger partial charge >= 0.3 is 0 Å². The SMILES string of the molecule is COc1cc(Br)c(O)c(CCON)c1. The van der Waals surface area contributed by atoms with E-state index in [1.807, 2.05) is 0 Å². The third kappa shape index (κ3) is 2.60. The van der Waals surface area contributed by atoms with Gasteiger partial charge in [-0.1, -0.05) is 0 Å². The number of hydrogen-bond donors (Lipinski definition) is 2. The van der Waals surface area contributed by atoms with Gasteiger partial charge in [0.2, 0.25) is 0 Å². The van der Waals surface area contributed by atoms with Crippen LogP contribution < -0.4 is 10.6 Å². The normalized spacial score (nSPS) is 10.2. The van der Waals surface area contributed by atoms with Gasteiger partial charge in [0.05, 0.1) is 18.2 Å². The van der Waals surface area contributed by atoms with Crippen LogP contribution in [0, 0.1) is 0 Å². The van der Waals surface area contributed by atoms with E-state index in [0.29, 0.717) is 23.2 Å². The predicted octanol–water partition coefficient (Wildman–Crippen LogP) is 1.60. The molecule has 0 aliphatic heterocycles. The lowest BCUT2D eigenvalue weighted by Crippen LogP contribution is -2.04. The molecule has 0 saturated carbocycles. The smallest absolute Gasteiger partial charge is 0.133 e. The molecule has 0 aliphatic carbocycles. The van der Waals surface area contributed by atoms with Gasteiger partial charge in [-0.3, -0.25) is 0 Å². The van der Waals surface area contributed by atoms with E-state index in [1.165, 1.54) is 0 Å². The second-order valence-electron chi connectivity index (χ2n) is 2.74. The monoisotopic (exact) mass is 261 g/mol. The standard InChI is InChI=1S/C9H12BrNO3/c1-13-7-4-6(2-3-14-11)9(12)8(10)5-7/h4-5,12H,2-3,11H2,1H3.